The number of carbonyl (C=O) groups excluding carboxylic acids is 1. The summed E-state index contributed by atoms with van der Waals surface area (Å²) < 4.78 is 9.29. The summed E-state index contributed by atoms with van der Waals surface area (Å²) in [7, 11) is 3.76. The third kappa shape index (κ3) is 2.80. The van der Waals surface area contributed by atoms with Crippen LogP contribution in [0.1, 0.15) is 39.0 Å². The van der Waals surface area contributed by atoms with E-state index in [4.69, 9.17) is 4.74 Å². The van der Waals surface area contributed by atoms with Crippen molar-refractivity contribution in [3.63, 3.8) is 0 Å². The van der Waals surface area contributed by atoms with E-state index in [1.54, 1.807) is 10.9 Å². The molecule has 0 aromatic carbocycles. The highest BCUT2D eigenvalue weighted by molar-refractivity contribution is 6.05. The molecule has 0 aliphatic carbocycles. The molecule has 142 valence electrons. The van der Waals surface area contributed by atoms with Crippen LogP contribution in [0.4, 0.5) is 0 Å². The molecule has 8 heteroatoms. The summed E-state index contributed by atoms with van der Waals surface area (Å²) in [6, 6.07) is 1.70. The van der Waals surface area contributed by atoms with E-state index in [0.29, 0.717) is 25.3 Å². The number of aromatic nitrogens is 5. The number of aryl methyl sites for hydroxylation is 4. The highest BCUT2D eigenvalue weighted by Crippen LogP contribution is 2.31. The fourth-order valence-electron chi connectivity index (χ4n) is 3.93. The van der Waals surface area contributed by atoms with Crippen molar-refractivity contribution in [3.8, 4) is 0 Å². The van der Waals surface area contributed by atoms with Gasteiger partial charge in [-0.2, -0.15) is 10.2 Å². The number of hydrogen-bond acceptors (Lipinski definition) is 5. The number of hydrogen-bond donors (Lipinski definition) is 0. The zero-order valence-electron chi connectivity index (χ0n) is 16.4. The lowest BCUT2D eigenvalue weighted by Crippen LogP contribution is -2.44. The van der Waals surface area contributed by atoms with Crippen molar-refractivity contribution in [3.05, 3.63) is 40.5 Å². The highest BCUT2D eigenvalue weighted by Gasteiger charge is 2.34. The first-order chi connectivity index (χ1) is 12.9. The summed E-state index contributed by atoms with van der Waals surface area (Å²) in [5.74, 6) is -0.0190. The van der Waals surface area contributed by atoms with Gasteiger partial charge in [0.15, 0.2) is 5.65 Å². The van der Waals surface area contributed by atoms with E-state index >= 15 is 0 Å². The largest absolute Gasteiger partial charge is 0.377 e. The molecule has 1 fully saturated rings. The fraction of sp³-hybridized carbons (Fsp3) is 0.474. The molecule has 8 nitrogen and oxygen atoms in total. The predicted molar refractivity (Wildman–Crippen MR) is 101 cm³/mol. The van der Waals surface area contributed by atoms with Gasteiger partial charge in [0.1, 0.15) is 0 Å². The number of carbonyl (C=O) groups is 1. The fourth-order valence-corrected chi connectivity index (χ4v) is 3.93. The number of rotatable bonds is 2. The Balaban J connectivity index is 1.80. The van der Waals surface area contributed by atoms with Gasteiger partial charge >= 0.3 is 0 Å². The van der Waals surface area contributed by atoms with Crippen LogP contribution in [-0.2, 0) is 18.8 Å². The Morgan fingerprint density at radius 1 is 1.22 bits per heavy atom. The molecule has 1 atom stereocenters. The van der Waals surface area contributed by atoms with Crippen LogP contribution in [0.25, 0.3) is 11.0 Å². The van der Waals surface area contributed by atoms with Crippen molar-refractivity contribution < 1.29 is 9.53 Å². The Morgan fingerprint density at radius 3 is 2.70 bits per heavy atom. The van der Waals surface area contributed by atoms with Crippen molar-refractivity contribution in [1.82, 2.24) is 29.4 Å². The summed E-state index contributed by atoms with van der Waals surface area (Å²) >= 11 is 0. The second-order valence-corrected chi connectivity index (χ2v) is 7.11. The zero-order valence-corrected chi connectivity index (χ0v) is 16.4. The maximum Gasteiger partial charge on any atom is 0.255 e. The molecule has 0 spiro atoms. The average molecular weight is 368 g/mol. The van der Waals surface area contributed by atoms with Gasteiger partial charge in [0, 0.05) is 37.6 Å². The lowest BCUT2D eigenvalue weighted by Gasteiger charge is -2.36. The van der Waals surface area contributed by atoms with Crippen molar-refractivity contribution in [2.24, 2.45) is 14.1 Å². The predicted octanol–water partition coefficient (Wildman–Crippen LogP) is 1.84. The second-order valence-electron chi connectivity index (χ2n) is 7.11. The molecule has 4 heterocycles. The molecule has 0 bridgehead atoms. The quantitative estimate of drug-likeness (QED) is 0.690. The first-order valence-corrected chi connectivity index (χ1v) is 9.06. The molecular weight excluding hydrogens is 344 g/mol. The topological polar surface area (TPSA) is 78.1 Å². The van der Waals surface area contributed by atoms with E-state index in [1.165, 1.54) is 0 Å². The molecule has 0 saturated carbocycles. The van der Waals surface area contributed by atoms with Crippen molar-refractivity contribution in [2.45, 2.75) is 26.8 Å². The van der Waals surface area contributed by atoms with E-state index in [9.17, 15) is 4.79 Å². The number of ether oxygens (including phenoxy) is 1. The molecular formula is C19H24N6O2. The van der Waals surface area contributed by atoms with Crippen LogP contribution in [0.15, 0.2) is 12.3 Å². The van der Waals surface area contributed by atoms with Gasteiger partial charge in [-0.3, -0.25) is 14.2 Å². The Bertz CT molecular complexity index is 1030. The SMILES string of the molecule is Cc1cc(C(=O)N2CCOC[C@H]2c2c(C)nn(C)c2C)c2cnn(C)c2n1. The normalized spacial score (nSPS) is 17.7. The first-order valence-electron chi connectivity index (χ1n) is 9.06. The second kappa shape index (κ2) is 6.45. The van der Waals surface area contributed by atoms with Crippen LogP contribution in [0.5, 0.6) is 0 Å². The molecule has 3 aromatic rings. The third-order valence-electron chi connectivity index (χ3n) is 5.35. The van der Waals surface area contributed by atoms with Crippen LogP contribution in [0.3, 0.4) is 0 Å². The molecule has 1 amide bonds. The lowest BCUT2D eigenvalue weighted by atomic mass is 10.0. The van der Waals surface area contributed by atoms with Gasteiger partial charge in [0.25, 0.3) is 5.91 Å². The van der Waals surface area contributed by atoms with E-state index < -0.39 is 0 Å². The highest BCUT2D eigenvalue weighted by atomic mass is 16.5. The Kier molecular flexibility index (Phi) is 4.22. The smallest absolute Gasteiger partial charge is 0.255 e. The van der Waals surface area contributed by atoms with Gasteiger partial charge in [-0.1, -0.05) is 0 Å². The molecule has 1 aliphatic heterocycles. The summed E-state index contributed by atoms with van der Waals surface area (Å²) in [6.07, 6.45) is 1.71. The Morgan fingerprint density at radius 2 is 2.00 bits per heavy atom. The molecule has 0 N–H and O–H groups in total. The molecule has 0 radical (unpaired) electrons. The van der Waals surface area contributed by atoms with Crippen molar-refractivity contribution in [1.29, 1.82) is 0 Å². The summed E-state index contributed by atoms with van der Waals surface area (Å²) in [5, 5.41) is 9.57. The zero-order chi connectivity index (χ0) is 19.3. The van der Waals surface area contributed by atoms with Crippen LogP contribution in [0.2, 0.25) is 0 Å². The lowest BCUT2D eigenvalue weighted by molar-refractivity contribution is -0.00295. The van der Waals surface area contributed by atoms with Crippen LogP contribution < -0.4 is 0 Å². The van der Waals surface area contributed by atoms with E-state index in [2.05, 4.69) is 15.2 Å². The van der Waals surface area contributed by atoms with Gasteiger partial charge in [0.05, 0.1) is 42.1 Å². The van der Waals surface area contributed by atoms with Crippen molar-refractivity contribution in [2.75, 3.05) is 19.8 Å². The van der Waals surface area contributed by atoms with Gasteiger partial charge in [0.2, 0.25) is 0 Å². The number of morpholine rings is 1. The molecule has 1 aliphatic rings. The maximum atomic E-state index is 13.6. The minimum Gasteiger partial charge on any atom is -0.377 e. The number of nitrogens with zero attached hydrogens (tertiary/aromatic N) is 6. The Labute approximate surface area is 157 Å². The number of fused-ring (bicyclic) bond motifs is 1. The summed E-state index contributed by atoms with van der Waals surface area (Å²) in [4.78, 5) is 20.0. The first kappa shape index (κ1) is 17.7. The van der Waals surface area contributed by atoms with Gasteiger partial charge in [-0.05, 0) is 26.8 Å². The standard InChI is InChI=1S/C19H24N6O2/c1-11-8-14(15-9-20-24(5)18(15)21-11)19(26)25-6-7-27-10-16(25)17-12(2)22-23(4)13(17)3/h8-9,16H,6-7,10H2,1-5H3/t16-/m0/s1. The number of pyridine rings is 1. The van der Waals surface area contributed by atoms with Crippen LogP contribution in [0, 0.1) is 20.8 Å². The minimum absolute atomic E-state index is 0.0190. The van der Waals surface area contributed by atoms with Gasteiger partial charge < -0.3 is 9.64 Å². The van der Waals surface area contributed by atoms with Gasteiger partial charge in [-0.25, -0.2) is 4.98 Å². The molecule has 3 aromatic heterocycles. The summed E-state index contributed by atoms with van der Waals surface area (Å²) in [5.41, 5.74) is 5.21. The molecule has 4 rings (SSSR count). The molecule has 1 saturated heterocycles. The minimum atomic E-state index is -0.153. The number of amides is 1. The molecule has 0 unspecified atom stereocenters. The monoisotopic (exact) mass is 368 g/mol. The van der Waals surface area contributed by atoms with Gasteiger partial charge in [-0.15, -0.1) is 0 Å². The van der Waals surface area contributed by atoms with E-state index in [1.807, 2.05) is 50.5 Å². The van der Waals surface area contributed by atoms with Crippen molar-refractivity contribution >= 4 is 16.9 Å². The van der Waals surface area contributed by atoms with Crippen LogP contribution >= 0.6 is 0 Å². The van der Waals surface area contributed by atoms with Crippen LogP contribution in [-0.4, -0.2) is 55.1 Å². The van der Waals surface area contributed by atoms with E-state index in [0.717, 1.165) is 33.7 Å². The Hall–Kier alpha value is -2.74. The average Bonchev–Trinajstić information content (AvgIpc) is 3.13. The third-order valence-corrected chi connectivity index (χ3v) is 5.35. The maximum absolute atomic E-state index is 13.6. The summed E-state index contributed by atoms with van der Waals surface area (Å²) in [6.45, 7) is 7.45. The van der Waals surface area contributed by atoms with E-state index in [-0.39, 0.29) is 11.9 Å². The molecule has 27 heavy (non-hydrogen) atoms.